The van der Waals surface area contributed by atoms with Gasteiger partial charge in [-0.25, -0.2) is 4.85 Å². The summed E-state index contributed by atoms with van der Waals surface area (Å²) in [7, 11) is 0. The number of aryl methyl sites for hydroxylation is 2. The number of anilines is 1. The SMILES string of the molecule is [C-]#[N+]c1cc(C)sc1-n1c(C)cc(N)c1C. The molecule has 3 nitrogen and oxygen atoms in total. The third-order valence-corrected chi connectivity index (χ3v) is 3.64. The van der Waals surface area contributed by atoms with E-state index in [1.807, 2.05) is 32.9 Å². The first-order chi connectivity index (χ1) is 7.54. The Morgan fingerprint density at radius 3 is 2.50 bits per heavy atom. The first-order valence-electron chi connectivity index (χ1n) is 4.97. The van der Waals surface area contributed by atoms with Gasteiger partial charge in [-0.05, 0) is 37.8 Å². The summed E-state index contributed by atoms with van der Waals surface area (Å²) < 4.78 is 2.06. The van der Waals surface area contributed by atoms with E-state index in [2.05, 4.69) is 9.41 Å². The summed E-state index contributed by atoms with van der Waals surface area (Å²) in [5.41, 5.74) is 9.43. The van der Waals surface area contributed by atoms with E-state index in [0.717, 1.165) is 27.0 Å². The van der Waals surface area contributed by atoms with Crippen molar-refractivity contribution in [2.75, 3.05) is 5.73 Å². The van der Waals surface area contributed by atoms with Crippen molar-refractivity contribution in [3.8, 4) is 5.00 Å². The number of nitrogen functional groups attached to an aromatic ring is 1. The van der Waals surface area contributed by atoms with Gasteiger partial charge in [0.15, 0.2) is 0 Å². The number of nitrogens with zero attached hydrogens (tertiary/aromatic N) is 2. The highest BCUT2D eigenvalue weighted by Crippen LogP contribution is 2.36. The topological polar surface area (TPSA) is 35.3 Å². The Balaban J connectivity index is 2.72. The highest BCUT2D eigenvalue weighted by atomic mass is 32.1. The molecule has 2 aromatic heterocycles. The normalized spacial score (nSPS) is 10.4. The minimum atomic E-state index is 0.698. The fraction of sp³-hybridized carbons (Fsp3) is 0.250. The summed E-state index contributed by atoms with van der Waals surface area (Å²) in [5.74, 6) is 0. The number of aromatic nitrogens is 1. The Kier molecular flexibility index (Phi) is 2.49. The number of nitrogens with two attached hydrogens (primary N) is 1. The molecule has 0 saturated heterocycles. The number of thiophene rings is 1. The maximum absolute atomic E-state index is 7.18. The standard InChI is InChI=1S/C12H13N3S/c1-7-5-10(13)9(3)15(7)12-11(14-4)6-8(2)16-12/h5-6H,13H2,1-3H3. The molecule has 82 valence electrons. The van der Waals surface area contributed by atoms with Gasteiger partial charge in [-0.2, -0.15) is 0 Å². The second-order valence-electron chi connectivity index (χ2n) is 3.82. The molecule has 0 saturated carbocycles. The summed E-state index contributed by atoms with van der Waals surface area (Å²) >= 11 is 1.63. The number of hydrogen-bond donors (Lipinski definition) is 1. The quantitative estimate of drug-likeness (QED) is 0.748. The Bertz CT molecular complexity index is 584. The minimum absolute atomic E-state index is 0.698. The summed E-state index contributed by atoms with van der Waals surface area (Å²) in [6.45, 7) is 13.2. The van der Waals surface area contributed by atoms with Gasteiger partial charge >= 0.3 is 0 Å². The molecule has 2 rings (SSSR count). The fourth-order valence-electron chi connectivity index (χ4n) is 1.83. The zero-order valence-electron chi connectivity index (χ0n) is 9.53. The van der Waals surface area contributed by atoms with Crippen LogP contribution in [0, 0.1) is 27.3 Å². The lowest BCUT2D eigenvalue weighted by Crippen LogP contribution is -1.97. The molecule has 16 heavy (non-hydrogen) atoms. The first kappa shape index (κ1) is 10.8. The molecule has 0 aliphatic heterocycles. The molecule has 0 bridgehead atoms. The van der Waals surface area contributed by atoms with Crippen LogP contribution < -0.4 is 5.73 Å². The Hall–Kier alpha value is -1.73. The predicted molar refractivity (Wildman–Crippen MR) is 68.5 cm³/mol. The van der Waals surface area contributed by atoms with Crippen LogP contribution in [0.25, 0.3) is 9.85 Å². The highest BCUT2D eigenvalue weighted by Gasteiger charge is 2.14. The molecular formula is C12H13N3S. The molecule has 2 N–H and O–H groups in total. The van der Waals surface area contributed by atoms with Crippen LogP contribution in [0.3, 0.4) is 0 Å². The van der Waals surface area contributed by atoms with E-state index in [4.69, 9.17) is 12.3 Å². The molecule has 0 unspecified atom stereocenters. The van der Waals surface area contributed by atoms with Crippen molar-refractivity contribution in [2.45, 2.75) is 20.8 Å². The molecule has 0 spiro atoms. The first-order valence-corrected chi connectivity index (χ1v) is 5.79. The van der Waals surface area contributed by atoms with Crippen molar-refractivity contribution in [1.29, 1.82) is 0 Å². The van der Waals surface area contributed by atoms with Gasteiger partial charge in [-0.15, -0.1) is 11.3 Å². The van der Waals surface area contributed by atoms with Crippen molar-refractivity contribution in [3.05, 3.63) is 39.8 Å². The molecule has 4 heteroatoms. The second-order valence-corrected chi connectivity index (χ2v) is 5.06. The molecule has 0 atom stereocenters. The summed E-state index contributed by atoms with van der Waals surface area (Å²) in [4.78, 5) is 4.70. The van der Waals surface area contributed by atoms with E-state index in [1.54, 1.807) is 11.3 Å². The minimum Gasteiger partial charge on any atom is -0.397 e. The molecule has 2 heterocycles. The zero-order chi connectivity index (χ0) is 11.9. The van der Waals surface area contributed by atoms with Crippen molar-refractivity contribution in [1.82, 2.24) is 4.57 Å². The third kappa shape index (κ3) is 1.50. The number of hydrogen-bond acceptors (Lipinski definition) is 2. The lowest BCUT2D eigenvalue weighted by molar-refractivity contribution is 0.991. The van der Waals surface area contributed by atoms with Crippen LogP contribution in [0.15, 0.2) is 12.1 Å². The average Bonchev–Trinajstić information content (AvgIpc) is 2.69. The molecule has 0 aliphatic carbocycles. The Morgan fingerprint density at radius 2 is 2.00 bits per heavy atom. The van der Waals surface area contributed by atoms with Crippen LogP contribution in [-0.2, 0) is 0 Å². The van der Waals surface area contributed by atoms with Gasteiger partial charge in [0, 0.05) is 11.4 Å². The lowest BCUT2D eigenvalue weighted by atomic mass is 10.4. The van der Waals surface area contributed by atoms with Crippen molar-refractivity contribution >= 4 is 22.7 Å². The van der Waals surface area contributed by atoms with Crippen molar-refractivity contribution in [3.63, 3.8) is 0 Å². The number of rotatable bonds is 1. The zero-order valence-corrected chi connectivity index (χ0v) is 10.4. The smallest absolute Gasteiger partial charge is 0.221 e. The average molecular weight is 231 g/mol. The summed E-state index contributed by atoms with van der Waals surface area (Å²) in [6.07, 6.45) is 0. The van der Waals surface area contributed by atoms with E-state index in [0.29, 0.717) is 5.69 Å². The van der Waals surface area contributed by atoms with Crippen molar-refractivity contribution in [2.24, 2.45) is 0 Å². The van der Waals surface area contributed by atoms with Gasteiger partial charge in [0.2, 0.25) is 5.69 Å². The van der Waals surface area contributed by atoms with Crippen LogP contribution in [0.5, 0.6) is 0 Å². The van der Waals surface area contributed by atoms with Crippen LogP contribution in [0.1, 0.15) is 16.3 Å². The molecule has 0 radical (unpaired) electrons. The maximum Gasteiger partial charge on any atom is 0.221 e. The van der Waals surface area contributed by atoms with Crippen LogP contribution >= 0.6 is 11.3 Å². The monoisotopic (exact) mass is 231 g/mol. The Labute approximate surface area is 99.0 Å². The molecule has 0 aliphatic rings. The second kappa shape index (κ2) is 3.69. The molecule has 2 aromatic rings. The molecular weight excluding hydrogens is 218 g/mol. The maximum atomic E-state index is 7.18. The van der Waals surface area contributed by atoms with E-state index in [9.17, 15) is 0 Å². The van der Waals surface area contributed by atoms with E-state index in [1.165, 1.54) is 0 Å². The predicted octanol–water partition coefficient (Wildman–Crippen LogP) is 3.60. The van der Waals surface area contributed by atoms with Crippen molar-refractivity contribution < 1.29 is 0 Å². The third-order valence-electron chi connectivity index (χ3n) is 2.61. The lowest BCUT2D eigenvalue weighted by Gasteiger charge is -2.07. The van der Waals surface area contributed by atoms with Gasteiger partial charge in [-0.1, -0.05) is 0 Å². The largest absolute Gasteiger partial charge is 0.397 e. The van der Waals surface area contributed by atoms with E-state index >= 15 is 0 Å². The van der Waals surface area contributed by atoms with E-state index < -0.39 is 0 Å². The van der Waals surface area contributed by atoms with Gasteiger partial charge in [-0.3, -0.25) is 0 Å². The summed E-state index contributed by atoms with van der Waals surface area (Å²) in [5, 5.41) is 0.971. The highest BCUT2D eigenvalue weighted by molar-refractivity contribution is 7.15. The van der Waals surface area contributed by atoms with Crippen LogP contribution in [0.2, 0.25) is 0 Å². The van der Waals surface area contributed by atoms with Gasteiger partial charge in [0.25, 0.3) is 0 Å². The Morgan fingerprint density at radius 1 is 1.31 bits per heavy atom. The van der Waals surface area contributed by atoms with Crippen LogP contribution in [0.4, 0.5) is 11.4 Å². The van der Waals surface area contributed by atoms with Crippen LogP contribution in [-0.4, -0.2) is 4.57 Å². The van der Waals surface area contributed by atoms with Gasteiger partial charge in [0.1, 0.15) is 5.00 Å². The summed E-state index contributed by atoms with van der Waals surface area (Å²) in [6, 6.07) is 3.86. The molecule has 0 aromatic carbocycles. The van der Waals surface area contributed by atoms with Gasteiger partial charge < -0.3 is 10.3 Å². The molecule has 0 fully saturated rings. The fourth-order valence-corrected chi connectivity index (χ4v) is 2.89. The van der Waals surface area contributed by atoms with E-state index in [-0.39, 0.29) is 0 Å². The van der Waals surface area contributed by atoms with Gasteiger partial charge in [0.05, 0.1) is 12.3 Å². The molecule has 0 amide bonds.